The Bertz CT molecular complexity index is 494. The van der Waals surface area contributed by atoms with Crippen LogP contribution in [0.3, 0.4) is 0 Å². The molecule has 0 amide bonds. The third-order valence-electron chi connectivity index (χ3n) is 2.49. The third kappa shape index (κ3) is 4.81. The monoisotopic (exact) mass is 373 g/mol. The molecule has 0 saturated carbocycles. The summed E-state index contributed by atoms with van der Waals surface area (Å²) in [5.41, 5.74) is 1.04. The number of pyridine rings is 1. The number of rotatable bonds is 4. The van der Waals surface area contributed by atoms with Gasteiger partial charge in [-0.2, -0.15) is 0 Å². The molecule has 0 saturated heterocycles. The molecule has 0 aliphatic rings. The van der Waals surface area contributed by atoms with Crippen LogP contribution in [0.25, 0.3) is 0 Å². The zero-order valence-electron chi connectivity index (χ0n) is 11.9. The van der Waals surface area contributed by atoms with Gasteiger partial charge in [0.2, 0.25) is 0 Å². The van der Waals surface area contributed by atoms with Gasteiger partial charge in [0.1, 0.15) is 0 Å². The number of hydrogen-bond donors (Lipinski definition) is 0. The summed E-state index contributed by atoms with van der Waals surface area (Å²) in [6.45, 7) is 1.42. The summed E-state index contributed by atoms with van der Waals surface area (Å²) in [5.74, 6) is -0.769. The van der Waals surface area contributed by atoms with Crippen LogP contribution >= 0.6 is 0 Å². The van der Waals surface area contributed by atoms with E-state index in [9.17, 15) is 9.59 Å². The molecule has 1 aromatic heterocycles. The molecule has 0 unspecified atom stereocenters. The fourth-order valence-electron chi connectivity index (χ4n) is 1.46. The van der Waals surface area contributed by atoms with Crippen molar-refractivity contribution in [3.63, 3.8) is 0 Å². The van der Waals surface area contributed by atoms with Gasteiger partial charge in [0.25, 0.3) is 0 Å². The summed E-state index contributed by atoms with van der Waals surface area (Å²) in [6.07, 6.45) is 0. The first-order chi connectivity index (χ1) is 8.74. The molecule has 0 radical (unpaired) electrons. The number of carbonyl (C=O) groups excluding carboxylic acids is 2. The Morgan fingerprint density at radius 1 is 1.26 bits per heavy atom. The van der Waals surface area contributed by atoms with Crippen molar-refractivity contribution in [2.24, 2.45) is 0 Å². The van der Waals surface area contributed by atoms with E-state index in [4.69, 9.17) is 9.47 Å². The normalized spacial score (nSPS) is 11.0. The number of hydrogen-bond acceptors (Lipinski definition) is 5. The van der Waals surface area contributed by atoms with Crippen LogP contribution in [-0.2, 0) is 20.9 Å². The second kappa shape index (κ2) is 6.36. The van der Waals surface area contributed by atoms with Crippen molar-refractivity contribution in [3.8, 4) is 0 Å². The number of methoxy groups -OCH3 is 1. The average molecular weight is 372 g/mol. The SMILES string of the molecule is COC(=O)c1cc(COC(C)=O)n[c]([Sn]([CH3])([CH3])[CH3])c1. The quantitative estimate of drug-likeness (QED) is 0.592. The van der Waals surface area contributed by atoms with Gasteiger partial charge in [-0.15, -0.1) is 0 Å². The first-order valence-corrected chi connectivity index (χ1v) is 16.0. The number of ether oxygens (including phenoxy) is 2. The van der Waals surface area contributed by atoms with Crippen LogP contribution in [0, 0.1) is 0 Å². The van der Waals surface area contributed by atoms with Gasteiger partial charge >= 0.3 is 117 Å². The van der Waals surface area contributed by atoms with Gasteiger partial charge in [-0.1, -0.05) is 0 Å². The van der Waals surface area contributed by atoms with Gasteiger partial charge in [-0.3, -0.25) is 0 Å². The Balaban J connectivity index is 3.16. The van der Waals surface area contributed by atoms with Crippen LogP contribution in [-0.4, -0.2) is 42.4 Å². The number of aromatic nitrogens is 1. The molecule has 0 bridgehead atoms. The first kappa shape index (κ1) is 15.9. The van der Waals surface area contributed by atoms with E-state index in [1.54, 1.807) is 12.1 Å². The summed E-state index contributed by atoms with van der Waals surface area (Å²) in [7, 11) is 1.34. The minimum absolute atomic E-state index is 0.0785. The van der Waals surface area contributed by atoms with E-state index in [0.29, 0.717) is 11.3 Å². The molecule has 1 heterocycles. The molecular weight excluding hydrogens is 353 g/mol. The van der Waals surface area contributed by atoms with E-state index < -0.39 is 24.3 Å². The average Bonchev–Trinajstić information content (AvgIpc) is 2.34. The van der Waals surface area contributed by atoms with E-state index in [2.05, 4.69) is 19.8 Å². The Labute approximate surface area is 117 Å². The van der Waals surface area contributed by atoms with Crippen LogP contribution in [0.4, 0.5) is 0 Å². The van der Waals surface area contributed by atoms with Crippen LogP contribution in [0.5, 0.6) is 0 Å². The minimum atomic E-state index is -2.42. The second-order valence-corrected chi connectivity index (χ2v) is 19.6. The van der Waals surface area contributed by atoms with Gasteiger partial charge < -0.3 is 0 Å². The summed E-state index contributed by atoms with van der Waals surface area (Å²) in [4.78, 5) is 33.6. The summed E-state index contributed by atoms with van der Waals surface area (Å²) < 4.78 is 10.6. The van der Waals surface area contributed by atoms with E-state index >= 15 is 0 Å². The van der Waals surface area contributed by atoms with E-state index in [0.717, 1.165) is 3.71 Å². The van der Waals surface area contributed by atoms with E-state index in [1.807, 2.05) is 0 Å². The molecule has 0 aliphatic carbocycles. The molecule has 5 nitrogen and oxygen atoms in total. The topological polar surface area (TPSA) is 65.5 Å². The Kier molecular flexibility index (Phi) is 5.34. The Morgan fingerprint density at radius 3 is 2.37 bits per heavy atom. The predicted molar refractivity (Wildman–Crippen MR) is 74.0 cm³/mol. The van der Waals surface area contributed by atoms with Gasteiger partial charge in [0.15, 0.2) is 0 Å². The Morgan fingerprint density at radius 2 is 1.89 bits per heavy atom. The number of esters is 2. The molecule has 0 N–H and O–H groups in total. The van der Waals surface area contributed by atoms with E-state index in [-0.39, 0.29) is 12.6 Å². The molecule has 1 aromatic rings. The van der Waals surface area contributed by atoms with Gasteiger partial charge in [0.05, 0.1) is 0 Å². The van der Waals surface area contributed by atoms with Crippen molar-refractivity contribution >= 4 is 34.0 Å². The predicted octanol–water partition coefficient (Wildman–Crippen LogP) is 1.48. The zero-order chi connectivity index (χ0) is 14.6. The number of carbonyl (C=O) groups is 2. The van der Waals surface area contributed by atoms with Crippen LogP contribution in [0.1, 0.15) is 23.0 Å². The molecule has 19 heavy (non-hydrogen) atoms. The van der Waals surface area contributed by atoms with Crippen molar-refractivity contribution < 1.29 is 19.1 Å². The van der Waals surface area contributed by atoms with Crippen LogP contribution < -0.4 is 3.71 Å². The van der Waals surface area contributed by atoms with Gasteiger partial charge in [-0.05, 0) is 0 Å². The van der Waals surface area contributed by atoms with Crippen LogP contribution in [0.2, 0.25) is 14.8 Å². The van der Waals surface area contributed by atoms with Crippen molar-refractivity contribution in [2.75, 3.05) is 7.11 Å². The van der Waals surface area contributed by atoms with E-state index in [1.165, 1.54) is 14.0 Å². The molecule has 0 aliphatic heterocycles. The molecule has 6 heteroatoms. The second-order valence-electron chi connectivity index (χ2n) is 5.25. The third-order valence-corrected chi connectivity index (χ3v) is 7.61. The van der Waals surface area contributed by atoms with Crippen molar-refractivity contribution in [1.82, 2.24) is 4.98 Å². The molecule has 0 spiro atoms. The molecule has 0 atom stereocenters. The van der Waals surface area contributed by atoms with Gasteiger partial charge in [-0.25, -0.2) is 0 Å². The molecule has 0 aromatic carbocycles. The fourth-order valence-corrected chi connectivity index (χ4v) is 4.50. The molecule has 104 valence electrons. The summed E-state index contributed by atoms with van der Waals surface area (Å²) in [5, 5.41) is 0. The molecule has 0 fully saturated rings. The summed E-state index contributed by atoms with van der Waals surface area (Å²) in [6, 6.07) is 3.40. The maximum absolute atomic E-state index is 11.6. The molecular formula is C13H19NO4Sn. The maximum atomic E-state index is 11.6. The van der Waals surface area contributed by atoms with Crippen LogP contribution in [0.15, 0.2) is 12.1 Å². The first-order valence-electron chi connectivity index (χ1n) is 5.97. The zero-order valence-corrected chi connectivity index (χ0v) is 14.8. The number of nitrogens with zero attached hydrogens (tertiary/aromatic N) is 1. The van der Waals surface area contributed by atoms with Crippen molar-refractivity contribution in [2.45, 2.75) is 28.3 Å². The Hall–Kier alpha value is -1.11. The van der Waals surface area contributed by atoms with Crippen molar-refractivity contribution in [1.29, 1.82) is 0 Å². The molecule has 1 rings (SSSR count). The fraction of sp³-hybridized carbons (Fsp3) is 0.462. The standard InChI is InChI=1S/C10H10NO4.3CH3.Sn/c1-7(12)15-6-9-5-8(3-4-11-9)10(13)14-2;;;;/h3,5H,6H2,1-2H3;3*1H3;. The summed E-state index contributed by atoms with van der Waals surface area (Å²) >= 11 is -2.42. The van der Waals surface area contributed by atoms with Gasteiger partial charge in [0, 0.05) is 0 Å². The van der Waals surface area contributed by atoms with Crippen molar-refractivity contribution in [3.05, 3.63) is 23.4 Å².